The Morgan fingerprint density at radius 2 is 2.09 bits per heavy atom. The zero-order valence-electron chi connectivity index (χ0n) is 13.2. The number of nitrogens with zero attached hydrogens (tertiary/aromatic N) is 2. The fourth-order valence-corrected chi connectivity index (χ4v) is 3.81. The second kappa shape index (κ2) is 5.31. The third kappa shape index (κ3) is 2.58. The first-order valence-corrected chi connectivity index (χ1v) is 8.31. The van der Waals surface area contributed by atoms with Gasteiger partial charge in [-0.1, -0.05) is 23.7 Å². The van der Waals surface area contributed by atoms with Gasteiger partial charge in [0.1, 0.15) is 0 Å². The lowest BCUT2D eigenvalue weighted by Gasteiger charge is -2.44. The molecule has 5 rings (SSSR count). The first-order chi connectivity index (χ1) is 11.0. The molecule has 122 valence electrons. The normalized spacial score (nSPS) is 28.8. The molecule has 1 aromatic carbocycles. The lowest BCUT2D eigenvalue weighted by Crippen LogP contribution is -2.60. The molecule has 2 aromatic rings. The number of halogens is 1. The summed E-state index contributed by atoms with van der Waals surface area (Å²) in [7, 11) is 0. The molecule has 0 radical (unpaired) electrons. The van der Waals surface area contributed by atoms with Crippen LogP contribution in [0.1, 0.15) is 24.1 Å². The van der Waals surface area contributed by atoms with Crippen molar-refractivity contribution in [3.8, 4) is 5.69 Å². The standard InChI is InChI=1S/C17H21ClN4O/c1-12-15(18)7-22(21-12)14-4-2-13(3-5-14)6-20-16-8-17(9-16,10-19)23-11-16/h2-5,7,20H,6,8-11,19H2,1H3. The van der Waals surface area contributed by atoms with E-state index in [1.165, 1.54) is 5.56 Å². The van der Waals surface area contributed by atoms with Crippen molar-refractivity contribution in [2.45, 2.75) is 37.5 Å². The zero-order valence-corrected chi connectivity index (χ0v) is 13.9. The molecule has 1 aliphatic carbocycles. The fraction of sp³-hybridized carbons (Fsp3) is 0.471. The van der Waals surface area contributed by atoms with Gasteiger partial charge in [-0.05, 0) is 37.5 Å². The van der Waals surface area contributed by atoms with E-state index < -0.39 is 0 Å². The summed E-state index contributed by atoms with van der Waals surface area (Å²) >= 11 is 6.06. The van der Waals surface area contributed by atoms with Gasteiger partial charge in [-0.15, -0.1) is 0 Å². The first-order valence-electron chi connectivity index (χ1n) is 7.93. The van der Waals surface area contributed by atoms with E-state index in [0.29, 0.717) is 11.6 Å². The van der Waals surface area contributed by atoms with E-state index in [4.69, 9.17) is 22.1 Å². The molecule has 23 heavy (non-hydrogen) atoms. The highest BCUT2D eigenvalue weighted by molar-refractivity contribution is 6.31. The number of fused-ring (bicyclic) bond motifs is 1. The lowest BCUT2D eigenvalue weighted by molar-refractivity contribution is 0.00258. The number of rotatable bonds is 5. The average Bonchev–Trinajstić information content (AvgIpc) is 3.18. The SMILES string of the molecule is Cc1nn(-c2ccc(CNC34COC(CN)(C3)C4)cc2)cc1Cl. The van der Waals surface area contributed by atoms with Crippen LogP contribution < -0.4 is 11.1 Å². The maximum absolute atomic E-state index is 6.06. The second-order valence-electron chi connectivity index (χ2n) is 6.84. The molecule has 3 fully saturated rings. The van der Waals surface area contributed by atoms with Crippen LogP contribution in [-0.2, 0) is 11.3 Å². The van der Waals surface area contributed by atoms with Crippen LogP contribution in [-0.4, -0.2) is 34.1 Å². The average molecular weight is 333 g/mol. The molecule has 5 nitrogen and oxygen atoms in total. The van der Waals surface area contributed by atoms with Gasteiger partial charge in [0.25, 0.3) is 0 Å². The predicted octanol–water partition coefficient (Wildman–Crippen LogP) is 2.18. The summed E-state index contributed by atoms with van der Waals surface area (Å²) < 4.78 is 7.64. The Hall–Kier alpha value is -1.40. The minimum Gasteiger partial charge on any atom is -0.372 e. The zero-order chi connectivity index (χ0) is 16.1. The topological polar surface area (TPSA) is 65.1 Å². The van der Waals surface area contributed by atoms with Crippen LogP contribution >= 0.6 is 11.6 Å². The summed E-state index contributed by atoms with van der Waals surface area (Å²) in [6.45, 7) is 4.13. The van der Waals surface area contributed by atoms with Gasteiger partial charge >= 0.3 is 0 Å². The molecule has 2 aliphatic heterocycles. The highest BCUT2D eigenvalue weighted by atomic mass is 35.5. The summed E-state index contributed by atoms with van der Waals surface area (Å²) in [5.74, 6) is 0. The van der Waals surface area contributed by atoms with Gasteiger partial charge in [0.15, 0.2) is 0 Å². The predicted molar refractivity (Wildman–Crippen MR) is 89.9 cm³/mol. The molecule has 1 aromatic heterocycles. The van der Waals surface area contributed by atoms with Gasteiger partial charge < -0.3 is 15.8 Å². The number of nitrogens with one attached hydrogen (secondary N) is 1. The van der Waals surface area contributed by atoms with Crippen LogP contribution in [0.5, 0.6) is 0 Å². The van der Waals surface area contributed by atoms with Crippen molar-refractivity contribution in [2.75, 3.05) is 13.2 Å². The van der Waals surface area contributed by atoms with Crippen molar-refractivity contribution >= 4 is 11.6 Å². The van der Waals surface area contributed by atoms with Crippen LogP contribution in [0, 0.1) is 6.92 Å². The van der Waals surface area contributed by atoms with Crippen molar-refractivity contribution < 1.29 is 4.74 Å². The molecule has 0 amide bonds. The third-order valence-electron chi connectivity index (χ3n) is 5.06. The van der Waals surface area contributed by atoms with E-state index >= 15 is 0 Å². The molecular formula is C17H21ClN4O. The molecule has 2 saturated heterocycles. The highest BCUT2D eigenvalue weighted by Gasteiger charge is 2.61. The summed E-state index contributed by atoms with van der Waals surface area (Å²) in [6.07, 6.45) is 3.89. The van der Waals surface area contributed by atoms with Crippen LogP contribution in [0.4, 0.5) is 0 Å². The molecule has 2 bridgehead atoms. The molecule has 1 saturated carbocycles. The number of hydrogen-bond acceptors (Lipinski definition) is 4. The van der Waals surface area contributed by atoms with Crippen LogP contribution in [0.3, 0.4) is 0 Å². The van der Waals surface area contributed by atoms with Crippen LogP contribution in [0.25, 0.3) is 5.69 Å². The Morgan fingerprint density at radius 1 is 1.35 bits per heavy atom. The van der Waals surface area contributed by atoms with Crippen molar-refractivity contribution in [1.29, 1.82) is 0 Å². The van der Waals surface area contributed by atoms with E-state index in [9.17, 15) is 0 Å². The Kier molecular flexibility index (Phi) is 3.50. The van der Waals surface area contributed by atoms with E-state index in [1.54, 1.807) is 4.68 Å². The Morgan fingerprint density at radius 3 is 2.65 bits per heavy atom. The Labute approximate surface area is 140 Å². The lowest BCUT2D eigenvalue weighted by atomic mass is 9.68. The number of benzene rings is 1. The summed E-state index contributed by atoms with van der Waals surface area (Å²) in [6, 6.07) is 8.37. The van der Waals surface area contributed by atoms with Crippen LogP contribution in [0.15, 0.2) is 30.5 Å². The van der Waals surface area contributed by atoms with Crippen molar-refractivity contribution in [1.82, 2.24) is 15.1 Å². The number of aromatic nitrogens is 2. The molecule has 3 aliphatic rings. The largest absolute Gasteiger partial charge is 0.372 e. The molecule has 0 atom stereocenters. The van der Waals surface area contributed by atoms with Gasteiger partial charge in [-0.25, -0.2) is 4.68 Å². The monoisotopic (exact) mass is 332 g/mol. The molecule has 3 heterocycles. The minimum absolute atomic E-state index is 0.0475. The highest BCUT2D eigenvalue weighted by Crippen LogP contribution is 2.50. The van der Waals surface area contributed by atoms with Crippen molar-refractivity contribution in [3.05, 3.63) is 46.7 Å². The number of nitrogens with two attached hydrogens (primary N) is 1. The van der Waals surface area contributed by atoms with Gasteiger partial charge in [-0.3, -0.25) is 0 Å². The summed E-state index contributed by atoms with van der Waals surface area (Å²) in [4.78, 5) is 0. The van der Waals surface area contributed by atoms with Gasteiger partial charge in [0, 0.05) is 24.8 Å². The fourth-order valence-electron chi connectivity index (χ4n) is 3.68. The number of ether oxygens (including phenoxy) is 1. The molecule has 0 unspecified atom stereocenters. The van der Waals surface area contributed by atoms with Crippen molar-refractivity contribution in [3.63, 3.8) is 0 Å². The number of hydrogen-bond donors (Lipinski definition) is 2. The van der Waals surface area contributed by atoms with Gasteiger partial charge in [-0.2, -0.15) is 5.10 Å². The van der Waals surface area contributed by atoms with Crippen LogP contribution in [0.2, 0.25) is 5.02 Å². The maximum atomic E-state index is 6.06. The number of aryl methyl sites for hydroxylation is 1. The van der Waals surface area contributed by atoms with Gasteiger partial charge in [0.05, 0.1) is 28.6 Å². The third-order valence-corrected chi connectivity index (χ3v) is 5.43. The quantitative estimate of drug-likeness (QED) is 0.881. The summed E-state index contributed by atoms with van der Waals surface area (Å²) in [5, 5.41) is 8.73. The maximum Gasteiger partial charge on any atom is 0.0841 e. The van der Waals surface area contributed by atoms with E-state index in [0.717, 1.165) is 37.4 Å². The van der Waals surface area contributed by atoms with Gasteiger partial charge in [0.2, 0.25) is 0 Å². The summed E-state index contributed by atoms with van der Waals surface area (Å²) in [5.41, 5.74) is 8.96. The Bertz CT molecular complexity index is 699. The molecule has 0 spiro atoms. The Balaban J connectivity index is 1.40. The van der Waals surface area contributed by atoms with Crippen molar-refractivity contribution in [2.24, 2.45) is 5.73 Å². The first kappa shape index (κ1) is 15.1. The molecule has 6 heteroatoms. The smallest absolute Gasteiger partial charge is 0.0841 e. The molecule has 3 N–H and O–H groups in total. The van der Waals surface area contributed by atoms with E-state index in [1.807, 2.05) is 13.1 Å². The second-order valence-corrected chi connectivity index (χ2v) is 7.24. The molecular weight excluding hydrogens is 312 g/mol. The van der Waals surface area contributed by atoms with E-state index in [-0.39, 0.29) is 11.1 Å². The minimum atomic E-state index is -0.0475. The van der Waals surface area contributed by atoms with E-state index in [2.05, 4.69) is 34.7 Å².